The predicted octanol–water partition coefficient (Wildman–Crippen LogP) is 1.93. The summed E-state index contributed by atoms with van der Waals surface area (Å²) < 4.78 is 23.3. The van der Waals surface area contributed by atoms with Crippen LogP contribution >= 0.6 is 0 Å². The van der Waals surface area contributed by atoms with Crippen molar-refractivity contribution in [2.45, 2.75) is 11.4 Å². The zero-order chi connectivity index (χ0) is 16.4. The molecule has 1 aliphatic heterocycles. The molecule has 2 heterocycles. The summed E-state index contributed by atoms with van der Waals surface area (Å²) in [5.74, 6) is 0. The first-order chi connectivity index (χ1) is 10.9. The molecular weight excluding hydrogens is 314 g/mol. The van der Waals surface area contributed by atoms with E-state index in [1.54, 1.807) is 40.4 Å². The van der Waals surface area contributed by atoms with Gasteiger partial charge in [-0.1, -0.05) is 12.1 Å². The summed E-state index contributed by atoms with van der Waals surface area (Å²) >= 11 is 0. The van der Waals surface area contributed by atoms with Crippen LogP contribution in [0.5, 0.6) is 0 Å². The van der Waals surface area contributed by atoms with Crippen molar-refractivity contribution in [2.24, 2.45) is 0 Å². The third-order valence-electron chi connectivity index (χ3n) is 3.75. The van der Waals surface area contributed by atoms with Crippen molar-refractivity contribution in [2.75, 3.05) is 24.2 Å². The van der Waals surface area contributed by atoms with Gasteiger partial charge in [-0.2, -0.15) is 0 Å². The maximum Gasteiger partial charge on any atom is 0.324 e. The number of amides is 2. The number of anilines is 1. The Morgan fingerprint density at radius 3 is 2.70 bits per heavy atom. The molecular formula is C16H17N3O3S. The highest BCUT2D eigenvalue weighted by molar-refractivity contribution is 7.90. The molecule has 0 atom stereocenters. The molecule has 0 aliphatic carbocycles. The predicted molar refractivity (Wildman–Crippen MR) is 86.9 cm³/mol. The minimum atomic E-state index is -3.29. The van der Waals surface area contributed by atoms with Crippen molar-refractivity contribution in [1.82, 2.24) is 9.88 Å². The minimum Gasteiger partial charge on any atom is -0.318 e. The Balaban J connectivity index is 1.79. The lowest BCUT2D eigenvalue weighted by atomic mass is 10.3. The maximum absolute atomic E-state index is 12.6. The highest BCUT2D eigenvalue weighted by Crippen LogP contribution is 2.24. The maximum atomic E-state index is 12.6. The van der Waals surface area contributed by atoms with Crippen LogP contribution in [0.15, 0.2) is 53.7 Å². The van der Waals surface area contributed by atoms with Crippen LogP contribution in [0.2, 0.25) is 0 Å². The number of carbonyl (C=O) groups is 1. The van der Waals surface area contributed by atoms with E-state index in [2.05, 4.69) is 4.98 Å². The standard InChI is InChI=1S/C16H17N3O3S/c1-23(21,22)15-6-2-5-14(10-15)19-9-8-18(16(19)20)12-13-4-3-7-17-11-13/h2-7,10-11H,8-9,12H2,1H3. The van der Waals surface area contributed by atoms with E-state index in [1.807, 2.05) is 12.1 Å². The molecule has 2 amide bonds. The zero-order valence-corrected chi connectivity index (χ0v) is 13.5. The van der Waals surface area contributed by atoms with E-state index < -0.39 is 9.84 Å². The van der Waals surface area contributed by atoms with E-state index in [1.165, 1.54) is 6.07 Å². The Bertz CT molecular complexity index is 821. The number of aromatic nitrogens is 1. The van der Waals surface area contributed by atoms with Gasteiger partial charge in [0.05, 0.1) is 4.90 Å². The Morgan fingerprint density at radius 2 is 2.00 bits per heavy atom. The number of rotatable bonds is 4. The second-order valence-electron chi connectivity index (χ2n) is 5.49. The summed E-state index contributed by atoms with van der Waals surface area (Å²) in [6.07, 6.45) is 4.59. The number of benzene rings is 1. The first-order valence-corrected chi connectivity index (χ1v) is 9.10. The van der Waals surface area contributed by atoms with E-state index in [4.69, 9.17) is 0 Å². The molecule has 0 unspecified atom stereocenters. The first-order valence-electron chi connectivity index (χ1n) is 7.20. The van der Waals surface area contributed by atoms with Gasteiger partial charge in [-0.15, -0.1) is 0 Å². The fraction of sp³-hybridized carbons (Fsp3) is 0.250. The molecule has 7 heteroatoms. The van der Waals surface area contributed by atoms with Crippen molar-refractivity contribution in [3.63, 3.8) is 0 Å². The van der Waals surface area contributed by atoms with E-state index in [-0.39, 0.29) is 10.9 Å². The third kappa shape index (κ3) is 3.34. The van der Waals surface area contributed by atoms with Gasteiger partial charge in [-0.3, -0.25) is 9.88 Å². The van der Waals surface area contributed by atoms with Gasteiger partial charge in [0, 0.05) is 44.0 Å². The molecule has 1 saturated heterocycles. The Labute approximate surface area is 135 Å². The molecule has 120 valence electrons. The molecule has 0 spiro atoms. The second kappa shape index (κ2) is 6.00. The Hall–Kier alpha value is -2.41. The number of carbonyl (C=O) groups excluding carboxylic acids is 1. The van der Waals surface area contributed by atoms with Crippen molar-refractivity contribution in [3.05, 3.63) is 54.4 Å². The lowest BCUT2D eigenvalue weighted by Gasteiger charge is -2.19. The Morgan fingerprint density at radius 1 is 1.17 bits per heavy atom. The van der Waals surface area contributed by atoms with Gasteiger partial charge in [0.1, 0.15) is 0 Å². The minimum absolute atomic E-state index is 0.125. The SMILES string of the molecule is CS(=O)(=O)c1cccc(N2CCN(Cc3cccnc3)C2=O)c1. The summed E-state index contributed by atoms with van der Waals surface area (Å²) in [5, 5.41) is 0. The van der Waals surface area contributed by atoms with Crippen molar-refractivity contribution < 1.29 is 13.2 Å². The van der Waals surface area contributed by atoms with Gasteiger partial charge in [0.25, 0.3) is 0 Å². The molecule has 1 aromatic heterocycles. The summed E-state index contributed by atoms with van der Waals surface area (Å²) in [4.78, 5) is 20.1. The number of sulfone groups is 1. The second-order valence-corrected chi connectivity index (χ2v) is 7.50. The molecule has 0 bridgehead atoms. The largest absolute Gasteiger partial charge is 0.324 e. The number of urea groups is 1. The van der Waals surface area contributed by atoms with Gasteiger partial charge < -0.3 is 4.90 Å². The molecule has 1 fully saturated rings. The van der Waals surface area contributed by atoms with Crippen LogP contribution in [-0.2, 0) is 16.4 Å². The van der Waals surface area contributed by atoms with Crippen LogP contribution in [0, 0.1) is 0 Å². The average molecular weight is 331 g/mol. The van der Waals surface area contributed by atoms with Crippen molar-refractivity contribution in [3.8, 4) is 0 Å². The van der Waals surface area contributed by atoms with Crippen LogP contribution in [-0.4, -0.2) is 43.7 Å². The molecule has 1 aromatic carbocycles. The lowest BCUT2D eigenvalue weighted by molar-refractivity contribution is 0.218. The van der Waals surface area contributed by atoms with E-state index in [0.717, 1.165) is 11.8 Å². The molecule has 23 heavy (non-hydrogen) atoms. The smallest absolute Gasteiger partial charge is 0.318 e. The highest BCUT2D eigenvalue weighted by Gasteiger charge is 2.29. The van der Waals surface area contributed by atoms with Crippen LogP contribution in [0.1, 0.15) is 5.56 Å². The summed E-state index contributed by atoms with van der Waals surface area (Å²) in [6.45, 7) is 1.62. The molecule has 6 nitrogen and oxygen atoms in total. The molecule has 1 aliphatic rings. The highest BCUT2D eigenvalue weighted by atomic mass is 32.2. The fourth-order valence-corrected chi connectivity index (χ4v) is 3.22. The molecule has 3 rings (SSSR count). The number of nitrogens with zero attached hydrogens (tertiary/aromatic N) is 3. The topological polar surface area (TPSA) is 70.6 Å². The van der Waals surface area contributed by atoms with Gasteiger partial charge >= 0.3 is 6.03 Å². The summed E-state index contributed by atoms with van der Waals surface area (Å²) in [5.41, 5.74) is 1.57. The Kier molecular flexibility index (Phi) is 4.04. The van der Waals surface area contributed by atoms with Gasteiger partial charge in [0.15, 0.2) is 9.84 Å². The molecule has 0 N–H and O–H groups in total. The molecule has 0 saturated carbocycles. The summed E-state index contributed by atoms with van der Waals surface area (Å²) in [6, 6.07) is 10.1. The average Bonchev–Trinajstić information content (AvgIpc) is 2.89. The van der Waals surface area contributed by atoms with E-state index >= 15 is 0 Å². The van der Waals surface area contributed by atoms with Crippen LogP contribution in [0.25, 0.3) is 0 Å². The van der Waals surface area contributed by atoms with Crippen LogP contribution in [0.3, 0.4) is 0 Å². The fourth-order valence-electron chi connectivity index (χ4n) is 2.56. The lowest BCUT2D eigenvalue weighted by Crippen LogP contribution is -2.31. The molecule has 2 aromatic rings. The number of hydrogen-bond donors (Lipinski definition) is 0. The monoisotopic (exact) mass is 331 g/mol. The quantitative estimate of drug-likeness (QED) is 0.858. The van der Waals surface area contributed by atoms with Gasteiger partial charge in [0.2, 0.25) is 0 Å². The molecule has 0 radical (unpaired) electrons. The number of pyridine rings is 1. The summed E-state index contributed by atoms with van der Waals surface area (Å²) in [7, 11) is -3.29. The first kappa shape index (κ1) is 15.5. The normalized spacial score (nSPS) is 15.3. The number of hydrogen-bond acceptors (Lipinski definition) is 4. The van der Waals surface area contributed by atoms with Crippen molar-refractivity contribution in [1.29, 1.82) is 0 Å². The third-order valence-corrected chi connectivity index (χ3v) is 4.86. The zero-order valence-electron chi connectivity index (χ0n) is 12.7. The van der Waals surface area contributed by atoms with Gasteiger partial charge in [-0.25, -0.2) is 13.2 Å². The van der Waals surface area contributed by atoms with Crippen LogP contribution in [0.4, 0.5) is 10.5 Å². The van der Waals surface area contributed by atoms with E-state index in [0.29, 0.717) is 25.3 Å². The van der Waals surface area contributed by atoms with Crippen LogP contribution < -0.4 is 4.90 Å². The van der Waals surface area contributed by atoms with Crippen molar-refractivity contribution >= 4 is 21.6 Å². The van der Waals surface area contributed by atoms with Gasteiger partial charge in [-0.05, 0) is 29.8 Å². The van der Waals surface area contributed by atoms with E-state index in [9.17, 15) is 13.2 Å².